The van der Waals surface area contributed by atoms with Gasteiger partial charge in [-0.2, -0.15) is 4.31 Å². The average Bonchev–Trinajstić information content (AvgIpc) is 3.19. The Hall–Kier alpha value is -2.23. The van der Waals surface area contributed by atoms with Gasteiger partial charge >= 0.3 is 5.97 Å². The zero-order valence-electron chi connectivity index (χ0n) is 15.9. The van der Waals surface area contributed by atoms with Crippen LogP contribution in [0.3, 0.4) is 0 Å². The molecule has 1 aromatic heterocycles. The molecule has 1 N–H and O–H groups in total. The first-order valence-corrected chi connectivity index (χ1v) is 11.3. The van der Waals surface area contributed by atoms with Crippen molar-refractivity contribution in [3.8, 4) is 0 Å². The van der Waals surface area contributed by atoms with E-state index in [9.17, 15) is 18.0 Å². The number of anilines is 1. The summed E-state index contributed by atoms with van der Waals surface area (Å²) in [6.45, 7) is 3.93. The van der Waals surface area contributed by atoms with Gasteiger partial charge in [0.1, 0.15) is 0 Å². The third kappa shape index (κ3) is 6.15. The molecule has 1 aromatic carbocycles. The minimum Gasteiger partial charge on any atom is -0.456 e. The summed E-state index contributed by atoms with van der Waals surface area (Å²) in [5.74, 6) is -0.923. The summed E-state index contributed by atoms with van der Waals surface area (Å²) in [6, 6.07) is 9.75. The van der Waals surface area contributed by atoms with Gasteiger partial charge in [0.05, 0.1) is 11.3 Å². The molecule has 1 amide bonds. The summed E-state index contributed by atoms with van der Waals surface area (Å²) >= 11 is 1.57. The quantitative estimate of drug-likeness (QED) is 0.592. The number of carbonyl (C=O) groups is 2. The predicted octanol–water partition coefficient (Wildman–Crippen LogP) is 2.89. The number of nitrogens with zero attached hydrogens (tertiary/aromatic N) is 1. The van der Waals surface area contributed by atoms with Gasteiger partial charge < -0.3 is 10.1 Å². The van der Waals surface area contributed by atoms with E-state index in [2.05, 4.69) is 5.32 Å². The Bertz CT molecular complexity index is 874. The molecule has 1 heterocycles. The smallest absolute Gasteiger partial charge is 0.306 e. The maximum absolute atomic E-state index is 12.4. The maximum atomic E-state index is 12.4. The average molecular weight is 425 g/mol. The van der Waals surface area contributed by atoms with Gasteiger partial charge in [-0.3, -0.25) is 9.59 Å². The van der Waals surface area contributed by atoms with Crippen molar-refractivity contribution in [3.63, 3.8) is 0 Å². The molecular weight excluding hydrogens is 400 g/mol. The van der Waals surface area contributed by atoms with Crippen molar-refractivity contribution in [2.24, 2.45) is 0 Å². The monoisotopic (exact) mass is 424 g/mol. The number of hydrogen-bond acceptors (Lipinski definition) is 6. The molecule has 0 radical (unpaired) electrons. The van der Waals surface area contributed by atoms with Crippen molar-refractivity contribution in [1.82, 2.24) is 4.31 Å². The van der Waals surface area contributed by atoms with Crippen LogP contribution < -0.4 is 5.32 Å². The Labute approximate surface area is 169 Å². The molecule has 0 aliphatic heterocycles. The number of hydrogen-bond donors (Lipinski definition) is 1. The van der Waals surface area contributed by atoms with Gasteiger partial charge in [0.2, 0.25) is 10.0 Å². The van der Waals surface area contributed by atoms with E-state index in [1.807, 2.05) is 17.5 Å². The van der Waals surface area contributed by atoms with Crippen LogP contribution in [0, 0.1) is 0 Å². The molecule has 0 spiro atoms. The van der Waals surface area contributed by atoms with E-state index in [4.69, 9.17) is 4.74 Å². The number of carbonyl (C=O) groups excluding carboxylic acids is 2. The highest BCUT2D eigenvalue weighted by Crippen LogP contribution is 2.18. The van der Waals surface area contributed by atoms with Crippen molar-refractivity contribution in [1.29, 1.82) is 0 Å². The van der Waals surface area contributed by atoms with Crippen LogP contribution in [0.2, 0.25) is 0 Å². The summed E-state index contributed by atoms with van der Waals surface area (Å²) in [7, 11) is -3.54. The fourth-order valence-electron chi connectivity index (χ4n) is 2.52. The fraction of sp³-hybridized carbons (Fsp3) is 0.368. The lowest BCUT2D eigenvalue weighted by Crippen LogP contribution is -2.30. The first kappa shape index (κ1) is 22.1. The van der Waals surface area contributed by atoms with Crippen LogP contribution >= 0.6 is 11.3 Å². The Morgan fingerprint density at radius 1 is 1.11 bits per heavy atom. The fourth-order valence-corrected chi connectivity index (χ4v) is 4.69. The maximum Gasteiger partial charge on any atom is 0.306 e. The molecule has 2 rings (SSSR count). The first-order chi connectivity index (χ1) is 13.4. The predicted molar refractivity (Wildman–Crippen MR) is 109 cm³/mol. The van der Waals surface area contributed by atoms with Crippen molar-refractivity contribution in [2.75, 3.05) is 25.0 Å². The van der Waals surface area contributed by atoms with Gasteiger partial charge in [-0.05, 0) is 42.1 Å². The Morgan fingerprint density at radius 2 is 1.79 bits per heavy atom. The normalized spacial score (nSPS) is 11.4. The third-order valence-corrected chi connectivity index (χ3v) is 7.00. The summed E-state index contributed by atoms with van der Waals surface area (Å²) in [5, 5.41) is 4.52. The number of thiophene rings is 1. The van der Waals surface area contributed by atoms with E-state index in [0.29, 0.717) is 25.2 Å². The van der Waals surface area contributed by atoms with E-state index in [-0.39, 0.29) is 17.9 Å². The number of amides is 1. The van der Waals surface area contributed by atoms with Crippen LogP contribution in [0.4, 0.5) is 5.69 Å². The number of aryl methyl sites for hydroxylation is 1. The topological polar surface area (TPSA) is 92.8 Å². The number of benzene rings is 1. The van der Waals surface area contributed by atoms with E-state index in [1.54, 1.807) is 25.2 Å². The zero-order chi connectivity index (χ0) is 20.6. The molecule has 0 aliphatic carbocycles. The third-order valence-electron chi connectivity index (χ3n) is 4.00. The molecule has 0 saturated carbocycles. The molecule has 28 heavy (non-hydrogen) atoms. The van der Waals surface area contributed by atoms with E-state index in [1.165, 1.54) is 28.6 Å². The lowest BCUT2D eigenvalue weighted by Gasteiger charge is -2.18. The van der Waals surface area contributed by atoms with Gasteiger partial charge in [0.15, 0.2) is 6.61 Å². The highest BCUT2D eigenvalue weighted by molar-refractivity contribution is 7.89. The minimum absolute atomic E-state index is 0.161. The summed E-state index contributed by atoms with van der Waals surface area (Å²) in [5.41, 5.74) is 0.429. The largest absolute Gasteiger partial charge is 0.456 e. The van der Waals surface area contributed by atoms with Crippen molar-refractivity contribution in [2.45, 2.75) is 31.6 Å². The molecule has 7 nitrogen and oxygen atoms in total. The van der Waals surface area contributed by atoms with Crippen molar-refractivity contribution in [3.05, 3.63) is 46.7 Å². The molecule has 152 valence electrons. The number of sulfonamides is 1. The van der Waals surface area contributed by atoms with Crippen molar-refractivity contribution >= 4 is 38.9 Å². The number of rotatable bonds is 10. The zero-order valence-corrected chi connectivity index (χ0v) is 17.5. The second kappa shape index (κ2) is 10.4. The van der Waals surface area contributed by atoms with Gasteiger partial charge in [0.25, 0.3) is 5.91 Å². The van der Waals surface area contributed by atoms with Gasteiger partial charge in [-0.25, -0.2) is 8.42 Å². The summed E-state index contributed by atoms with van der Waals surface area (Å²) < 4.78 is 31.2. The van der Waals surface area contributed by atoms with Crippen LogP contribution in [0.25, 0.3) is 0 Å². The van der Waals surface area contributed by atoms with Crippen LogP contribution in [-0.4, -0.2) is 44.3 Å². The van der Waals surface area contributed by atoms with Gasteiger partial charge in [-0.1, -0.05) is 19.9 Å². The summed E-state index contributed by atoms with van der Waals surface area (Å²) in [4.78, 5) is 24.9. The highest BCUT2D eigenvalue weighted by Gasteiger charge is 2.21. The van der Waals surface area contributed by atoms with E-state index < -0.39 is 21.9 Å². The van der Waals surface area contributed by atoms with Crippen LogP contribution in [0.5, 0.6) is 0 Å². The molecule has 9 heteroatoms. The molecule has 2 aromatic rings. The number of ether oxygens (including phenoxy) is 1. The minimum atomic E-state index is -3.54. The summed E-state index contributed by atoms with van der Waals surface area (Å²) in [6.07, 6.45) is 0.798. The number of nitrogens with one attached hydrogen (secondary N) is 1. The van der Waals surface area contributed by atoms with Crippen LogP contribution in [0.15, 0.2) is 46.7 Å². The lowest BCUT2D eigenvalue weighted by molar-refractivity contribution is -0.147. The highest BCUT2D eigenvalue weighted by atomic mass is 32.2. The Morgan fingerprint density at radius 3 is 2.36 bits per heavy atom. The standard InChI is InChI=1S/C19H24N2O5S2/c1-3-21(4-2)28(24,25)17-10-7-15(8-11-17)20-18(22)14-26-19(23)12-9-16-6-5-13-27-16/h5-8,10-11,13H,3-4,9,12,14H2,1-2H3,(H,20,22). The molecular formula is C19H24N2O5S2. The van der Waals surface area contributed by atoms with Crippen LogP contribution in [-0.2, 0) is 30.8 Å². The molecule has 0 unspecified atom stereocenters. The Kier molecular flexibility index (Phi) is 8.16. The Balaban J connectivity index is 1.83. The SMILES string of the molecule is CCN(CC)S(=O)(=O)c1ccc(NC(=O)COC(=O)CCc2cccs2)cc1. The molecule has 0 atom stereocenters. The van der Waals surface area contributed by atoms with Gasteiger partial charge in [0, 0.05) is 23.7 Å². The van der Waals surface area contributed by atoms with E-state index >= 15 is 0 Å². The lowest BCUT2D eigenvalue weighted by atomic mass is 10.3. The second-order valence-corrected chi connectivity index (χ2v) is 8.87. The molecule has 0 saturated heterocycles. The second-order valence-electron chi connectivity index (χ2n) is 5.90. The molecule has 0 fully saturated rings. The van der Waals surface area contributed by atoms with E-state index in [0.717, 1.165) is 4.88 Å². The van der Waals surface area contributed by atoms with Gasteiger partial charge in [-0.15, -0.1) is 11.3 Å². The molecule has 0 bridgehead atoms. The molecule has 0 aliphatic rings. The van der Waals surface area contributed by atoms with Crippen LogP contribution in [0.1, 0.15) is 25.1 Å². The number of esters is 1. The van der Waals surface area contributed by atoms with Crippen molar-refractivity contribution < 1.29 is 22.7 Å². The first-order valence-electron chi connectivity index (χ1n) is 8.94.